The van der Waals surface area contributed by atoms with Gasteiger partial charge >= 0.3 is 12.2 Å². The molecule has 1 fully saturated rings. The van der Waals surface area contributed by atoms with Crippen molar-refractivity contribution in [2.24, 2.45) is 11.7 Å². The lowest BCUT2D eigenvalue weighted by Gasteiger charge is -2.31. The minimum atomic E-state index is -4.64. The van der Waals surface area contributed by atoms with Crippen molar-refractivity contribution in [1.82, 2.24) is 20.7 Å². The molecule has 3 rings (SSSR count). The number of halogens is 3. The van der Waals surface area contributed by atoms with Crippen molar-refractivity contribution in [3.05, 3.63) is 21.8 Å². The van der Waals surface area contributed by atoms with Gasteiger partial charge in [-0.1, -0.05) is 0 Å². The molecule has 0 aromatic carbocycles. The maximum atomic E-state index is 13.1. The molecule has 0 radical (unpaired) electrons. The highest BCUT2D eigenvalue weighted by molar-refractivity contribution is 7.12. The van der Waals surface area contributed by atoms with Crippen molar-refractivity contribution < 1.29 is 22.8 Å². The number of aromatic nitrogens is 1. The molecule has 1 saturated carbocycles. The number of alkyl halides is 3. The Bertz CT molecular complexity index is 742. The van der Waals surface area contributed by atoms with Gasteiger partial charge in [-0.25, -0.2) is 26.5 Å². The van der Waals surface area contributed by atoms with E-state index in [4.69, 9.17) is 11.7 Å². The smallest absolute Gasteiger partial charge is 0.339 e. The van der Waals surface area contributed by atoms with E-state index in [0.717, 1.165) is 17.7 Å². The predicted octanol–water partition coefficient (Wildman–Crippen LogP) is 0.941. The van der Waals surface area contributed by atoms with Gasteiger partial charge in [-0.05, 0) is 18.8 Å². The number of nitrogens with zero attached hydrogens (tertiary/aromatic N) is 2. The summed E-state index contributed by atoms with van der Waals surface area (Å²) in [5.41, 5.74) is 1.30. The SMILES string of the molecule is NNC(=O)N(N)C1=C(c2ncc(C3CC3)s2)CC(C(F)(F)F)NC1=O. The number of thiazole rings is 1. The van der Waals surface area contributed by atoms with Crippen molar-refractivity contribution in [1.29, 1.82) is 0 Å². The first-order valence-electron chi connectivity index (χ1n) is 7.34. The van der Waals surface area contributed by atoms with Gasteiger partial charge in [0.2, 0.25) is 0 Å². The van der Waals surface area contributed by atoms with Gasteiger partial charge in [-0.15, -0.1) is 11.3 Å². The van der Waals surface area contributed by atoms with E-state index < -0.39 is 36.3 Å². The molecule has 136 valence electrons. The Morgan fingerprint density at radius 2 is 2.12 bits per heavy atom. The van der Waals surface area contributed by atoms with Crippen molar-refractivity contribution in [2.75, 3.05) is 0 Å². The number of hydrazine groups is 2. The molecule has 0 bridgehead atoms. The molecule has 2 aliphatic rings. The van der Waals surface area contributed by atoms with E-state index in [9.17, 15) is 22.8 Å². The van der Waals surface area contributed by atoms with Crippen molar-refractivity contribution in [3.63, 3.8) is 0 Å². The number of hydrogen-bond acceptors (Lipinski definition) is 6. The van der Waals surface area contributed by atoms with Gasteiger partial charge in [0.05, 0.1) is 0 Å². The van der Waals surface area contributed by atoms with E-state index in [-0.39, 0.29) is 10.6 Å². The van der Waals surface area contributed by atoms with Gasteiger partial charge in [0, 0.05) is 23.1 Å². The van der Waals surface area contributed by atoms with Gasteiger partial charge in [-0.3, -0.25) is 10.2 Å². The van der Waals surface area contributed by atoms with Crippen LogP contribution in [0.1, 0.15) is 35.1 Å². The summed E-state index contributed by atoms with van der Waals surface area (Å²) >= 11 is 1.20. The molecule has 12 heteroatoms. The van der Waals surface area contributed by atoms with Crippen LogP contribution >= 0.6 is 11.3 Å². The second-order valence-corrected chi connectivity index (χ2v) is 6.82. The lowest BCUT2D eigenvalue weighted by Crippen LogP contribution is -2.55. The summed E-state index contributed by atoms with van der Waals surface area (Å²) in [5.74, 6) is 9.80. The maximum absolute atomic E-state index is 13.1. The van der Waals surface area contributed by atoms with Crippen LogP contribution < -0.4 is 22.4 Å². The highest BCUT2D eigenvalue weighted by Crippen LogP contribution is 2.44. The minimum absolute atomic E-state index is 0.0333. The van der Waals surface area contributed by atoms with Crippen LogP contribution in [0.3, 0.4) is 0 Å². The topological polar surface area (TPSA) is 126 Å². The molecule has 3 amide bonds. The highest BCUT2D eigenvalue weighted by Gasteiger charge is 2.46. The van der Waals surface area contributed by atoms with Crippen LogP contribution in [0, 0.1) is 0 Å². The Morgan fingerprint density at radius 1 is 1.44 bits per heavy atom. The van der Waals surface area contributed by atoms with Crippen LogP contribution in [0.2, 0.25) is 0 Å². The van der Waals surface area contributed by atoms with Gasteiger partial charge < -0.3 is 5.32 Å². The third-order valence-electron chi connectivity index (χ3n) is 3.95. The molecule has 25 heavy (non-hydrogen) atoms. The summed E-state index contributed by atoms with van der Waals surface area (Å²) in [6.07, 6.45) is -1.64. The average molecular weight is 376 g/mol. The zero-order valence-corrected chi connectivity index (χ0v) is 13.6. The van der Waals surface area contributed by atoms with E-state index >= 15 is 0 Å². The largest absolute Gasteiger partial charge is 0.408 e. The molecule has 1 aromatic rings. The fourth-order valence-corrected chi connectivity index (χ4v) is 3.65. The molecule has 1 unspecified atom stereocenters. The Hall–Kier alpha value is -2.18. The lowest BCUT2D eigenvalue weighted by atomic mass is 9.99. The molecule has 8 nitrogen and oxygen atoms in total. The van der Waals surface area contributed by atoms with Crippen LogP contribution in [-0.4, -0.2) is 34.1 Å². The molecule has 1 atom stereocenters. The Balaban J connectivity index is 2.05. The van der Waals surface area contributed by atoms with Gasteiger partial charge in [0.1, 0.15) is 16.7 Å². The van der Waals surface area contributed by atoms with Gasteiger partial charge in [0.15, 0.2) is 0 Å². The first-order chi connectivity index (χ1) is 11.7. The van der Waals surface area contributed by atoms with Gasteiger partial charge in [0.25, 0.3) is 5.91 Å². The van der Waals surface area contributed by atoms with Gasteiger partial charge in [-0.2, -0.15) is 13.2 Å². The minimum Gasteiger partial charge on any atom is -0.339 e. The summed E-state index contributed by atoms with van der Waals surface area (Å²) in [6, 6.07) is -3.12. The molecular weight excluding hydrogens is 361 g/mol. The third-order valence-corrected chi connectivity index (χ3v) is 5.17. The molecule has 0 saturated heterocycles. The first kappa shape index (κ1) is 17.6. The van der Waals surface area contributed by atoms with Crippen molar-refractivity contribution in [3.8, 4) is 0 Å². The fraction of sp³-hybridized carbons (Fsp3) is 0.462. The Morgan fingerprint density at radius 3 is 2.68 bits per heavy atom. The molecule has 0 spiro atoms. The first-order valence-corrected chi connectivity index (χ1v) is 8.16. The maximum Gasteiger partial charge on any atom is 0.408 e. The number of carbonyl (C=O) groups is 2. The summed E-state index contributed by atoms with van der Waals surface area (Å²) < 4.78 is 39.3. The summed E-state index contributed by atoms with van der Waals surface area (Å²) in [4.78, 5) is 28.9. The average Bonchev–Trinajstić information content (AvgIpc) is 3.29. The second kappa shape index (κ2) is 6.28. The van der Waals surface area contributed by atoms with Crippen molar-refractivity contribution >= 4 is 28.8 Å². The molecule has 1 aromatic heterocycles. The predicted molar refractivity (Wildman–Crippen MR) is 82.4 cm³/mol. The number of carbonyl (C=O) groups excluding carboxylic acids is 2. The zero-order chi connectivity index (χ0) is 18.4. The van der Waals surface area contributed by atoms with E-state index in [2.05, 4.69) is 4.98 Å². The number of nitrogens with two attached hydrogens (primary N) is 2. The number of rotatable bonds is 3. The number of urea groups is 1. The van der Waals surface area contributed by atoms with E-state index in [1.165, 1.54) is 11.3 Å². The number of nitrogens with one attached hydrogen (secondary N) is 2. The fourth-order valence-electron chi connectivity index (χ4n) is 2.51. The highest BCUT2D eigenvalue weighted by atomic mass is 32.1. The monoisotopic (exact) mass is 376 g/mol. The van der Waals surface area contributed by atoms with Crippen LogP contribution in [0.25, 0.3) is 5.57 Å². The normalized spacial score (nSPS) is 21.2. The van der Waals surface area contributed by atoms with Crippen LogP contribution in [0.5, 0.6) is 0 Å². The summed E-state index contributed by atoms with van der Waals surface area (Å²) in [7, 11) is 0. The summed E-state index contributed by atoms with van der Waals surface area (Å²) in [6.45, 7) is 0. The molecular formula is C13H15F3N6O2S. The zero-order valence-electron chi connectivity index (χ0n) is 12.8. The van der Waals surface area contributed by atoms with E-state index in [0.29, 0.717) is 10.9 Å². The van der Waals surface area contributed by atoms with Crippen LogP contribution in [-0.2, 0) is 4.79 Å². The lowest BCUT2D eigenvalue weighted by molar-refractivity contribution is -0.161. The van der Waals surface area contributed by atoms with E-state index in [1.54, 1.807) is 11.6 Å². The number of amides is 3. The second-order valence-electron chi connectivity index (χ2n) is 5.76. The third kappa shape index (κ3) is 3.45. The van der Waals surface area contributed by atoms with Crippen molar-refractivity contribution in [2.45, 2.75) is 37.4 Å². The molecule has 6 N–H and O–H groups in total. The standard InChI is InChI=1S/C13H15F3N6O2S/c14-13(15,16)8-3-6(11-19-4-7(25-11)5-1-2-5)9(10(23)20-8)22(18)12(24)21-17/h4-5,8H,1-3,17-18H2,(H,20,23)(H,21,24). The summed E-state index contributed by atoms with van der Waals surface area (Å²) in [5, 5.41) is 2.46. The Labute approximate surface area is 144 Å². The molecule has 1 aliphatic heterocycles. The molecule has 2 heterocycles. The van der Waals surface area contributed by atoms with Crippen LogP contribution in [0.4, 0.5) is 18.0 Å². The van der Waals surface area contributed by atoms with Crippen LogP contribution in [0.15, 0.2) is 11.9 Å². The molecule has 1 aliphatic carbocycles. The number of hydrogen-bond donors (Lipinski definition) is 4. The quantitative estimate of drug-likeness (QED) is 0.355. The Kier molecular flexibility index (Phi) is 4.43. The van der Waals surface area contributed by atoms with E-state index in [1.807, 2.05) is 5.32 Å².